The number of carbonyl (C=O) groups excluding carboxylic acids is 1. The summed E-state index contributed by atoms with van der Waals surface area (Å²) in [5.41, 5.74) is 7.82. The predicted octanol–water partition coefficient (Wildman–Crippen LogP) is 1.58. The number of rotatable bonds is 6. The van der Waals surface area contributed by atoms with Crippen LogP contribution in [0.1, 0.15) is 22.3 Å². The molecule has 102 valence electrons. The molecule has 0 aliphatic carbocycles. The highest BCUT2D eigenvalue weighted by Crippen LogP contribution is 2.16. The van der Waals surface area contributed by atoms with Gasteiger partial charge in [0.05, 0.1) is 24.7 Å². The molecule has 1 rings (SSSR count). The van der Waals surface area contributed by atoms with Crippen molar-refractivity contribution in [2.75, 3.05) is 32.5 Å². The van der Waals surface area contributed by atoms with E-state index in [0.717, 1.165) is 5.56 Å². The van der Waals surface area contributed by atoms with E-state index >= 15 is 0 Å². The fourth-order valence-electron chi connectivity index (χ4n) is 1.75. The zero-order valence-corrected chi connectivity index (χ0v) is 11.3. The lowest BCUT2D eigenvalue weighted by molar-refractivity contribution is 0.0701. The van der Waals surface area contributed by atoms with Crippen molar-refractivity contribution in [3.8, 4) is 6.07 Å². The normalized spacial score (nSPS) is 9.95. The van der Waals surface area contributed by atoms with E-state index in [0.29, 0.717) is 37.4 Å². The summed E-state index contributed by atoms with van der Waals surface area (Å²) >= 11 is 0. The van der Waals surface area contributed by atoms with E-state index in [9.17, 15) is 4.79 Å². The first kappa shape index (κ1) is 15.0. The quantitative estimate of drug-likeness (QED) is 0.788. The highest BCUT2D eigenvalue weighted by atomic mass is 16.5. The molecule has 1 amide bonds. The summed E-state index contributed by atoms with van der Waals surface area (Å²) < 4.78 is 4.98. The third-order valence-electron chi connectivity index (χ3n) is 2.78. The zero-order valence-electron chi connectivity index (χ0n) is 11.3. The minimum absolute atomic E-state index is 0.162. The Labute approximate surface area is 113 Å². The van der Waals surface area contributed by atoms with Gasteiger partial charge in [-0.3, -0.25) is 4.79 Å². The lowest BCUT2D eigenvalue weighted by Crippen LogP contribution is -2.35. The van der Waals surface area contributed by atoms with E-state index in [2.05, 4.69) is 0 Å². The predicted molar refractivity (Wildman–Crippen MR) is 73.6 cm³/mol. The molecule has 2 N–H and O–H groups in total. The Morgan fingerprint density at radius 2 is 2.21 bits per heavy atom. The Balaban J connectivity index is 2.88. The van der Waals surface area contributed by atoms with Gasteiger partial charge < -0.3 is 15.4 Å². The van der Waals surface area contributed by atoms with E-state index in [4.69, 9.17) is 15.7 Å². The maximum absolute atomic E-state index is 12.4. The molecule has 0 heterocycles. The van der Waals surface area contributed by atoms with Gasteiger partial charge in [0.25, 0.3) is 5.91 Å². The first-order valence-corrected chi connectivity index (χ1v) is 6.11. The van der Waals surface area contributed by atoms with Crippen LogP contribution in [0.2, 0.25) is 0 Å². The van der Waals surface area contributed by atoms with Gasteiger partial charge in [-0.05, 0) is 24.6 Å². The van der Waals surface area contributed by atoms with Crippen molar-refractivity contribution in [3.05, 3.63) is 29.3 Å². The number of ether oxygens (including phenoxy) is 1. The second kappa shape index (κ2) is 7.39. The summed E-state index contributed by atoms with van der Waals surface area (Å²) in [6, 6.07) is 7.38. The molecule has 0 saturated carbocycles. The van der Waals surface area contributed by atoms with Gasteiger partial charge >= 0.3 is 0 Å². The van der Waals surface area contributed by atoms with Crippen LogP contribution >= 0.6 is 0 Å². The minimum atomic E-state index is -0.162. The number of benzene rings is 1. The fraction of sp³-hybridized carbons (Fsp3) is 0.429. The second-order valence-corrected chi connectivity index (χ2v) is 4.28. The number of hydrogen-bond donors (Lipinski definition) is 1. The smallest absolute Gasteiger partial charge is 0.256 e. The Morgan fingerprint density at radius 3 is 2.79 bits per heavy atom. The molecular weight excluding hydrogens is 242 g/mol. The Bertz CT molecular complexity index is 480. The monoisotopic (exact) mass is 261 g/mol. The van der Waals surface area contributed by atoms with E-state index in [1.54, 1.807) is 24.1 Å². The van der Waals surface area contributed by atoms with Crippen molar-refractivity contribution >= 4 is 11.6 Å². The highest BCUT2D eigenvalue weighted by molar-refractivity contribution is 5.99. The van der Waals surface area contributed by atoms with Crippen LogP contribution in [-0.4, -0.2) is 37.6 Å². The standard InChI is InChI=1S/C14H19N3O2/c1-11-4-5-12(13(16)10-11)14(18)17(7-3-6-15)8-9-19-2/h4-5,10H,3,7-9,16H2,1-2H3. The molecule has 0 radical (unpaired) electrons. The first-order valence-electron chi connectivity index (χ1n) is 6.11. The molecule has 5 heteroatoms. The summed E-state index contributed by atoms with van der Waals surface area (Å²) in [5, 5.41) is 8.64. The molecule has 1 aromatic rings. The van der Waals surface area contributed by atoms with Crippen molar-refractivity contribution in [3.63, 3.8) is 0 Å². The summed E-state index contributed by atoms with van der Waals surface area (Å²) in [6.07, 6.45) is 0.293. The van der Waals surface area contributed by atoms with Gasteiger partial charge in [-0.15, -0.1) is 0 Å². The van der Waals surface area contributed by atoms with E-state index in [-0.39, 0.29) is 5.91 Å². The fourth-order valence-corrected chi connectivity index (χ4v) is 1.75. The van der Waals surface area contributed by atoms with Crippen LogP contribution in [-0.2, 0) is 4.74 Å². The van der Waals surface area contributed by atoms with Crippen LogP contribution in [0, 0.1) is 18.3 Å². The average Bonchev–Trinajstić information content (AvgIpc) is 2.38. The molecule has 0 saturated heterocycles. The molecule has 1 aromatic carbocycles. The largest absolute Gasteiger partial charge is 0.398 e. The van der Waals surface area contributed by atoms with Crippen molar-refractivity contribution < 1.29 is 9.53 Å². The van der Waals surface area contributed by atoms with E-state index in [1.165, 1.54) is 0 Å². The lowest BCUT2D eigenvalue weighted by atomic mass is 10.1. The third kappa shape index (κ3) is 4.27. The van der Waals surface area contributed by atoms with Gasteiger partial charge in [0.2, 0.25) is 0 Å². The number of nitriles is 1. The van der Waals surface area contributed by atoms with Crippen molar-refractivity contribution in [1.82, 2.24) is 4.90 Å². The van der Waals surface area contributed by atoms with Gasteiger partial charge in [0.15, 0.2) is 0 Å². The molecule has 19 heavy (non-hydrogen) atoms. The Kier molecular flexibility index (Phi) is 5.83. The van der Waals surface area contributed by atoms with Crippen molar-refractivity contribution in [1.29, 1.82) is 5.26 Å². The average molecular weight is 261 g/mol. The number of anilines is 1. The Morgan fingerprint density at radius 1 is 1.47 bits per heavy atom. The number of hydrogen-bond acceptors (Lipinski definition) is 4. The van der Waals surface area contributed by atoms with E-state index < -0.39 is 0 Å². The molecule has 0 aliphatic heterocycles. The molecule has 0 atom stereocenters. The minimum Gasteiger partial charge on any atom is -0.398 e. The molecule has 0 bridgehead atoms. The highest BCUT2D eigenvalue weighted by Gasteiger charge is 2.17. The van der Waals surface area contributed by atoms with Gasteiger partial charge in [-0.1, -0.05) is 6.07 Å². The Hall–Kier alpha value is -2.06. The number of aryl methyl sites for hydroxylation is 1. The summed E-state index contributed by atoms with van der Waals surface area (Å²) in [4.78, 5) is 14.0. The third-order valence-corrected chi connectivity index (χ3v) is 2.78. The number of methoxy groups -OCH3 is 1. The second-order valence-electron chi connectivity index (χ2n) is 4.28. The van der Waals surface area contributed by atoms with Gasteiger partial charge in [-0.2, -0.15) is 5.26 Å². The van der Waals surface area contributed by atoms with Crippen LogP contribution in [0.3, 0.4) is 0 Å². The zero-order chi connectivity index (χ0) is 14.3. The maximum Gasteiger partial charge on any atom is 0.256 e. The maximum atomic E-state index is 12.4. The van der Waals surface area contributed by atoms with E-state index in [1.807, 2.05) is 19.1 Å². The summed E-state index contributed by atoms with van der Waals surface area (Å²) in [6.45, 7) is 3.18. The summed E-state index contributed by atoms with van der Waals surface area (Å²) in [5.74, 6) is -0.162. The van der Waals surface area contributed by atoms with Gasteiger partial charge in [-0.25, -0.2) is 0 Å². The molecule has 0 spiro atoms. The number of nitrogens with zero attached hydrogens (tertiary/aromatic N) is 2. The van der Waals surface area contributed by atoms with Gasteiger partial charge in [0.1, 0.15) is 0 Å². The molecular formula is C14H19N3O2. The van der Waals surface area contributed by atoms with Crippen molar-refractivity contribution in [2.24, 2.45) is 0 Å². The molecule has 0 fully saturated rings. The number of amides is 1. The van der Waals surface area contributed by atoms with Crippen LogP contribution < -0.4 is 5.73 Å². The SMILES string of the molecule is COCCN(CCC#N)C(=O)c1ccc(C)cc1N. The van der Waals surface area contributed by atoms with Crippen LogP contribution in [0.4, 0.5) is 5.69 Å². The van der Waals surface area contributed by atoms with Gasteiger partial charge in [0, 0.05) is 25.9 Å². The molecule has 0 aliphatic rings. The summed E-state index contributed by atoms with van der Waals surface area (Å²) in [7, 11) is 1.58. The molecule has 5 nitrogen and oxygen atoms in total. The number of nitrogens with two attached hydrogens (primary N) is 1. The van der Waals surface area contributed by atoms with Crippen molar-refractivity contribution in [2.45, 2.75) is 13.3 Å². The van der Waals surface area contributed by atoms with Crippen LogP contribution in [0.15, 0.2) is 18.2 Å². The van der Waals surface area contributed by atoms with Crippen LogP contribution in [0.25, 0.3) is 0 Å². The van der Waals surface area contributed by atoms with Crippen LogP contribution in [0.5, 0.6) is 0 Å². The molecule has 0 unspecified atom stereocenters. The number of carbonyl (C=O) groups is 1. The first-order chi connectivity index (χ1) is 9.10. The molecule has 0 aromatic heterocycles. The lowest BCUT2D eigenvalue weighted by Gasteiger charge is -2.22. The topological polar surface area (TPSA) is 79.3 Å². The number of nitrogen functional groups attached to an aromatic ring is 1.